The minimum Gasteiger partial charge on any atom is -0.504 e. The van der Waals surface area contributed by atoms with Crippen molar-refractivity contribution in [2.75, 3.05) is 18.6 Å². The van der Waals surface area contributed by atoms with E-state index in [0.29, 0.717) is 42.8 Å². The Labute approximate surface area is 234 Å². The lowest BCUT2D eigenvalue weighted by Crippen LogP contribution is -2.44. The molecule has 4 aromatic rings. The van der Waals surface area contributed by atoms with Crippen LogP contribution in [0.2, 0.25) is 0 Å². The number of aromatic nitrogens is 8. The maximum Gasteiger partial charge on any atom is 0.415 e. The van der Waals surface area contributed by atoms with Crippen LogP contribution in [0.1, 0.15) is 38.2 Å². The first-order chi connectivity index (χ1) is 20.0. The van der Waals surface area contributed by atoms with Gasteiger partial charge in [-0.25, -0.2) is 24.7 Å². The van der Waals surface area contributed by atoms with Crippen LogP contribution >= 0.6 is 0 Å². The number of nitriles is 1. The third-order valence-electron chi connectivity index (χ3n) is 6.48. The van der Waals surface area contributed by atoms with Gasteiger partial charge in [-0.3, -0.25) is 15.0 Å². The number of nitrogens with zero attached hydrogens (tertiary/aromatic N) is 9. The van der Waals surface area contributed by atoms with E-state index >= 15 is 0 Å². The van der Waals surface area contributed by atoms with Crippen LogP contribution in [0.3, 0.4) is 0 Å². The maximum absolute atomic E-state index is 13.0. The molecule has 1 saturated carbocycles. The summed E-state index contributed by atoms with van der Waals surface area (Å²) in [7, 11) is 1.49. The second-order valence-corrected chi connectivity index (χ2v) is 8.99. The lowest BCUT2D eigenvalue weighted by molar-refractivity contribution is 0.125. The van der Waals surface area contributed by atoms with Crippen LogP contribution < -0.4 is 14.4 Å². The summed E-state index contributed by atoms with van der Waals surface area (Å²) < 4.78 is 16.3. The third-order valence-corrected chi connectivity index (χ3v) is 6.48. The number of nitrogens with one attached hydrogen (secondary N) is 1. The first kappa shape index (κ1) is 27.2. The van der Waals surface area contributed by atoms with Crippen molar-refractivity contribution in [2.24, 2.45) is 0 Å². The van der Waals surface area contributed by atoms with E-state index in [1.807, 2.05) is 6.07 Å². The molecule has 1 aliphatic carbocycles. The van der Waals surface area contributed by atoms with Crippen molar-refractivity contribution in [3.05, 3.63) is 42.7 Å². The summed E-state index contributed by atoms with van der Waals surface area (Å²) in [4.78, 5) is 40.1. The third kappa shape index (κ3) is 5.96. The molecule has 0 atom stereocenters. The molecule has 0 aromatic carbocycles. The molecule has 5 rings (SSSR count). The maximum atomic E-state index is 13.0. The predicted octanol–water partition coefficient (Wildman–Crippen LogP) is 3.05. The lowest BCUT2D eigenvalue weighted by Gasteiger charge is -2.35. The number of anilines is 1. The van der Waals surface area contributed by atoms with Gasteiger partial charge in [-0.15, -0.1) is 0 Å². The molecule has 0 unspecified atom stereocenters. The van der Waals surface area contributed by atoms with E-state index in [0.717, 1.165) is 0 Å². The van der Waals surface area contributed by atoms with Crippen LogP contribution in [0.4, 0.5) is 10.6 Å². The Morgan fingerprint density at radius 3 is 2.41 bits per heavy atom. The molecule has 15 heteroatoms. The molecular weight excluding hydrogens is 532 g/mol. The number of H-pyrrole nitrogens is 1. The Morgan fingerprint density at radius 1 is 1.05 bits per heavy atom. The van der Waals surface area contributed by atoms with Gasteiger partial charge in [0.05, 0.1) is 49.8 Å². The van der Waals surface area contributed by atoms with E-state index in [1.165, 1.54) is 30.6 Å². The van der Waals surface area contributed by atoms with Crippen molar-refractivity contribution in [3.8, 4) is 46.5 Å². The van der Waals surface area contributed by atoms with Gasteiger partial charge in [-0.2, -0.15) is 15.3 Å². The van der Waals surface area contributed by atoms with Crippen LogP contribution in [-0.4, -0.2) is 77.2 Å². The molecule has 4 aromatic heterocycles. The van der Waals surface area contributed by atoms with Gasteiger partial charge >= 0.3 is 18.1 Å². The Hall–Kier alpha value is -5.39. The molecule has 0 aliphatic heterocycles. The summed E-state index contributed by atoms with van der Waals surface area (Å²) in [5, 5.41) is 25.8. The number of amides is 1. The van der Waals surface area contributed by atoms with E-state index in [-0.39, 0.29) is 53.5 Å². The summed E-state index contributed by atoms with van der Waals surface area (Å²) in [5.41, 5.74) is 1.76. The summed E-state index contributed by atoms with van der Waals surface area (Å²) in [6, 6.07) is 2.12. The van der Waals surface area contributed by atoms with E-state index in [4.69, 9.17) is 14.2 Å². The molecule has 41 heavy (non-hydrogen) atoms. The average molecular weight is 559 g/mol. The fourth-order valence-electron chi connectivity index (χ4n) is 4.49. The number of rotatable bonds is 8. The van der Waals surface area contributed by atoms with Gasteiger partial charge in [-0.1, -0.05) is 0 Å². The average Bonchev–Trinajstić information content (AvgIpc) is 3.44. The van der Waals surface area contributed by atoms with Crippen LogP contribution in [0.25, 0.3) is 22.6 Å². The van der Waals surface area contributed by atoms with E-state index < -0.39 is 6.09 Å². The summed E-state index contributed by atoms with van der Waals surface area (Å²) in [6.45, 7) is 1.96. The van der Waals surface area contributed by atoms with Gasteiger partial charge in [0.2, 0.25) is 0 Å². The second-order valence-electron chi connectivity index (χ2n) is 8.99. The molecule has 1 fully saturated rings. The van der Waals surface area contributed by atoms with Gasteiger partial charge in [0.25, 0.3) is 0 Å². The molecule has 0 spiro atoms. The van der Waals surface area contributed by atoms with Crippen molar-refractivity contribution in [2.45, 2.75) is 44.8 Å². The molecule has 210 valence electrons. The fraction of sp³-hybridized carbons (Fsp3) is 0.346. The van der Waals surface area contributed by atoms with Crippen molar-refractivity contribution in [3.63, 3.8) is 0 Å². The zero-order valence-corrected chi connectivity index (χ0v) is 22.3. The molecule has 0 bridgehead atoms. The molecule has 4 heterocycles. The largest absolute Gasteiger partial charge is 0.504 e. The van der Waals surface area contributed by atoms with Crippen LogP contribution in [0.15, 0.2) is 37.2 Å². The minimum absolute atomic E-state index is 0.0719. The van der Waals surface area contributed by atoms with Gasteiger partial charge in [0.1, 0.15) is 23.6 Å². The topological polar surface area (TPSA) is 198 Å². The molecule has 1 aliphatic rings. The normalized spacial score (nSPS) is 16.4. The van der Waals surface area contributed by atoms with Gasteiger partial charge in [0, 0.05) is 24.0 Å². The minimum atomic E-state index is -0.508. The van der Waals surface area contributed by atoms with Crippen molar-refractivity contribution in [1.82, 2.24) is 40.1 Å². The van der Waals surface area contributed by atoms with Crippen molar-refractivity contribution < 1.29 is 24.1 Å². The van der Waals surface area contributed by atoms with E-state index in [1.54, 1.807) is 25.5 Å². The number of ether oxygens (including phenoxy) is 3. The monoisotopic (exact) mass is 558 g/mol. The van der Waals surface area contributed by atoms with Crippen LogP contribution in [0, 0.1) is 11.3 Å². The van der Waals surface area contributed by atoms with Gasteiger partial charge in [0.15, 0.2) is 11.6 Å². The Kier molecular flexibility index (Phi) is 8.09. The number of aromatic hydroxyl groups is 1. The first-order valence-electron chi connectivity index (χ1n) is 12.8. The van der Waals surface area contributed by atoms with Crippen molar-refractivity contribution in [1.29, 1.82) is 5.26 Å². The quantitative estimate of drug-likeness (QED) is 0.320. The second kappa shape index (κ2) is 12.2. The highest BCUT2D eigenvalue weighted by Gasteiger charge is 2.33. The number of carbonyl (C=O) groups excluding carboxylic acids is 1. The number of aromatic amines is 1. The number of hydrogen-bond donors (Lipinski definition) is 2. The highest BCUT2D eigenvalue weighted by atomic mass is 16.6. The number of carbonyl (C=O) groups is 1. The smallest absolute Gasteiger partial charge is 0.415 e. The van der Waals surface area contributed by atoms with E-state index in [2.05, 4.69) is 40.1 Å². The standard InChI is InChI=1S/C26H26N10O5/c1-3-40-26(38)36(21-14-28-19(12-29-21)16-10-30-24(39-2)31-11-16)17-4-6-18(7-5-17)41-25-32-9-15(8-27)22(34-25)23-20(37)13-33-35-23/h9-14,17-18,37H,3-7H2,1-2H3,(H,33,35). The molecule has 15 nitrogen and oxygen atoms in total. The highest BCUT2D eigenvalue weighted by Crippen LogP contribution is 2.31. The lowest BCUT2D eigenvalue weighted by atomic mass is 9.92. The Balaban J connectivity index is 1.28. The van der Waals surface area contributed by atoms with Crippen LogP contribution in [-0.2, 0) is 4.74 Å². The number of methoxy groups -OCH3 is 1. The zero-order valence-electron chi connectivity index (χ0n) is 22.3. The molecule has 2 N–H and O–H groups in total. The molecular formula is C26H26N10O5. The van der Waals surface area contributed by atoms with Gasteiger partial charge in [-0.05, 0) is 32.6 Å². The Morgan fingerprint density at radius 2 is 1.80 bits per heavy atom. The fourth-order valence-corrected chi connectivity index (χ4v) is 4.49. The highest BCUT2D eigenvalue weighted by molar-refractivity contribution is 5.87. The zero-order chi connectivity index (χ0) is 28.8. The SMILES string of the molecule is CCOC(=O)N(c1cnc(-c2cnc(OC)nc2)cn1)C1CCC(Oc2ncc(C#N)c(-c3[nH]ncc3O)n2)CC1. The predicted molar refractivity (Wildman–Crippen MR) is 142 cm³/mol. The number of hydrogen-bond acceptors (Lipinski definition) is 13. The van der Waals surface area contributed by atoms with Crippen LogP contribution in [0.5, 0.6) is 17.8 Å². The van der Waals surface area contributed by atoms with Crippen molar-refractivity contribution >= 4 is 11.9 Å². The first-order valence-corrected chi connectivity index (χ1v) is 12.8. The summed E-state index contributed by atoms with van der Waals surface area (Å²) in [5.74, 6) is 0.226. The molecule has 1 amide bonds. The van der Waals surface area contributed by atoms with Gasteiger partial charge < -0.3 is 19.3 Å². The Bertz CT molecular complexity index is 1530. The molecule has 0 radical (unpaired) electrons. The summed E-state index contributed by atoms with van der Waals surface area (Å²) in [6.07, 6.45) is 10.5. The van der Waals surface area contributed by atoms with E-state index in [9.17, 15) is 15.2 Å². The molecule has 0 saturated heterocycles. The summed E-state index contributed by atoms with van der Waals surface area (Å²) >= 11 is 0.